The normalized spacial score (nSPS) is 10.3. The van der Waals surface area contributed by atoms with Crippen LogP contribution in [0.1, 0.15) is 11.3 Å². The van der Waals surface area contributed by atoms with Gasteiger partial charge in [0.2, 0.25) is 5.91 Å². The number of thioether (sulfide) groups is 1. The van der Waals surface area contributed by atoms with Gasteiger partial charge in [-0.2, -0.15) is 0 Å². The van der Waals surface area contributed by atoms with Gasteiger partial charge in [-0.3, -0.25) is 4.79 Å². The largest absolute Gasteiger partial charge is 0.399 e. The number of nitrogens with one attached hydrogen (secondary N) is 1. The van der Waals surface area contributed by atoms with Gasteiger partial charge in [0.05, 0.1) is 10.8 Å². The van der Waals surface area contributed by atoms with E-state index in [4.69, 9.17) is 5.73 Å². The molecule has 1 heterocycles. The third kappa shape index (κ3) is 4.28. The van der Waals surface area contributed by atoms with Crippen LogP contribution >= 0.6 is 11.8 Å². The van der Waals surface area contributed by atoms with E-state index < -0.39 is 0 Å². The summed E-state index contributed by atoms with van der Waals surface area (Å²) in [5, 5.41) is 3.70. The van der Waals surface area contributed by atoms with Crippen molar-refractivity contribution in [2.45, 2.75) is 18.9 Å². The summed E-state index contributed by atoms with van der Waals surface area (Å²) in [6.07, 6.45) is 0. The van der Waals surface area contributed by atoms with Crippen LogP contribution in [0.5, 0.6) is 0 Å². The number of nitrogens with two attached hydrogens (primary N) is 1. The molecular weight excluding hydrogens is 270 g/mol. The number of benzene rings is 1. The van der Waals surface area contributed by atoms with E-state index in [9.17, 15) is 4.79 Å². The summed E-state index contributed by atoms with van der Waals surface area (Å²) >= 11 is 1.43. The van der Waals surface area contributed by atoms with Crippen molar-refractivity contribution in [1.82, 2.24) is 4.98 Å². The lowest BCUT2D eigenvalue weighted by Crippen LogP contribution is -2.14. The predicted octanol–water partition coefficient (Wildman–Crippen LogP) is 3.01. The van der Waals surface area contributed by atoms with Crippen LogP contribution in [0.25, 0.3) is 0 Å². The van der Waals surface area contributed by atoms with E-state index in [-0.39, 0.29) is 5.91 Å². The minimum absolute atomic E-state index is 0.0549. The molecule has 2 aromatic rings. The number of hydrogen-bond donors (Lipinski definition) is 2. The maximum absolute atomic E-state index is 11.8. The first-order valence-electron chi connectivity index (χ1n) is 6.26. The Hall–Kier alpha value is -2.01. The van der Waals surface area contributed by atoms with E-state index in [1.54, 1.807) is 24.3 Å². The molecule has 0 spiro atoms. The lowest BCUT2D eigenvalue weighted by atomic mass is 10.3. The monoisotopic (exact) mass is 287 g/mol. The Balaban J connectivity index is 1.90. The van der Waals surface area contributed by atoms with E-state index in [1.807, 2.05) is 26.0 Å². The van der Waals surface area contributed by atoms with Gasteiger partial charge in [-0.05, 0) is 55.8 Å². The number of carbonyl (C=O) groups excluding carboxylic acids is 1. The summed E-state index contributed by atoms with van der Waals surface area (Å²) in [6, 6.07) is 11.1. The van der Waals surface area contributed by atoms with Gasteiger partial charge in [0.1, 0.15) is 0 Å². The molecule has 1 aromatic carbocycles. The smallest absolute Gasteiger partial charge is 0.234 e. The SMILES string of the molecule is Cc1cc(C)nc(SCC(=O)Nc2ccc(N)cc2)c1. The molecule has 0 unspecified atom stereocenters. The summed E-state index contributed by atoms with van der Waals surface area (Å²) in [6.45, 7) is 3.97. The second kappa shape index (κ2) is 6.43. The van der Waals surface area contributed by atoms with Gasteiger partial charge < -0.3 is 11.1 Å². The average Bonchev–Trinajstić information content (AvgIpc) is 2.38. The lowest BCUT2D eigenvalue weighted by molar-refractivity contribution is -0.113. The Morgan fingerprint density at radius 1 is 1.25 bits per heavy atom. The highest BCUT2D eigenvalue weighted by molar-refractivity contribution is 7.99. The number of aryl methyl sites for hydroxylation is 2. The Morgan fingerprint density at radius 3 is 2.60 bits per heavy atom. The molecule has 3 N–H and O–H groups in total. The van der Waals surface area contributed by atoms with Crippen LogP contribution in [0.4, 0.5) is 11.4 Å². The Kier molecular flexibility index (Phi) is 4.63. The summed E-state index contributed by atoms with van der Waals surface area (Å²) in [7, 11) is 0. The van der Waals surface area contributed by atoms with Crippen molar-refractivity contribution in [3.8, 4) is 0 Å². The Bertz CT molecular complexity index is 591. The van der Waals surface area contributed by atoms with Gasteiger partial charge >= 0.3 is 0 Å². The van der Waals surface area contributed by atoms with E-state index in [2.05, 4.69) is 10.3 Å². The molecule has 0 fully saturated rings. The first-order chi connectivity index (χ1) is 9.52. The van der Waals surface area contributed by atoms with Gasteiger partial charge in [0.15, 0.2) is 0 Å². The third-order valence-corrected chi connectivity index (χ3v) is 3.53. The molecule has 0 aliphatic rings. The van der Waals surface area contributed by atoms with Crippen molar-refractivity contribution in [2.24, 2.45) is 0 Å². The lowest BCUT2D eigenvalue weighted by Gasteiger charge is -2.06. The van der Waals surface area contributed by atoms with Crippen molar-refractivity contribution in [1.29, 1.82) is 0 Å². The molecule has 4 nitrogen and oxygen atoms in total. The number of amides is 1. The molecule has 0 saturated heterocycles. The predicted molar refractivity (Wildman–Crippen MR) is 83.9 cm³/mol. The average molecular weight is 287 g/mol. The minimum atomic E-state index is -0.0549. The summed E-state index contributed by atoms with van der Waals surface area (Å²) in [5.74, 6) is 0.279. The highest BCUT2D eigenvalue weighted by atomic mass is 32.2. The number of nitrogens with zero attached hydrogens (tertiary/aromatic N) is 1. The number of pyridine rings is 1. The second-order valence-electron chi connectivity index (χ2n) is 4.58. The maximum atomic E-state index is 11.8. The quantitative estimate of drug-likeness (QED) is 0.670. The summed E-state index contributed by atoms with van der Waals surface area (Å²) in [4.78, 5) is 16.2. The molecule has 5 heteroatoms. The van der Waals surface area contributed by atoms with Crippen LogP contribution in [0.2, 0.25) is 0 Å². The zero-order chi connectivity index (χ0) is 14.5. The fraction of sp³-hybridized carbons (Fsp3) is 0.200. The molecule has 0 atom stereocenters. The fourth-order valence-electron chi connectivity index (χ4n) is 1.78. The molecule has 1 aromatic heterocycles. The van der Waals surface area contributed by atoms with Gasteiger partial charge in [-0.25, -0.2) is 4.98 Å². The molecule has 0 bridgehead atoms. The first kappa shape index (κ1) is 14.4. The van der Waals surface area contributed by atoms with E-state index >= 15 is 0 Å². The number of anilines is 2. The zero-order valence-corrected chi connectivity index (χ0v) is 12.3. The van der Waals surface area contributed by atoms with Crippen molar-refractivity contribution in [3.63, 3.8) is 0 Å². The van der Waals surface area contributed by atoms with Crippen LogP contribution in [0.3, 0.4) is 0 Å². The van der Waals surface area contributed by atoms with E-state index in [1.165, 1.54) is 11.8 Å². The summed E-state index contributed by atoms with van der Waals surface area (Å²) in [5.41, 5.74) is 9.14. The minimum Gasteiger partial charge on any atom is -0.399 e. The van der Waals surface area contributed by atoms with E-state index in [0.29, 0.717) is 11.4 Å². The molecule has 20 heavy (non-hydrogen) atoms. The van der Waals surface area contributed by atoms with Crippen LogP contribution in [0, 0.1) is 13.8 Å². The maximum Gasteiger partial charge on any atom is 0.234 e. The molecule has 0 radical (unpaired) electrons. The fourth-order valence-corrected chi connectivity index (χ4v) is 2.61. The molecule has 1 amide bonds. The Labute approximate surface area is 122 Å². The number of nitrogen functional groups attached to an aromatic ring is 1. The van der Waals surface area contributed by atoms with Crippen LogP contribution in [-0.2, 0) is 4.79 Å². The van der Waals surface area contributed by atoms with Crippen molar-refractivity contribution >= 4 is 29.0 Å². The van der Waals surface area contributed by atoms with E-state index in [0.717, 1.165) is 22.0 Å². The zero-order valence-electron chi connectivity index (χ0n) is 11.5. The topological polar surface area (TPSA) is 68.0 Å². The third-order valence-electron chi connectivity index (χ3n) is 2.62. The van der Waals surface area contributed by atoms with Crippen molar-refractivity contribution in [3.05, 3.63) is 47.7 Å². The van der Waals surface area contributed by atoms with Crippen molar-refractivity contribution in [2.75, 3.05) is 16.8 Å². The van der Waals surface area contributed by atoms with Gasteiger partial charge in [0.25, 0.3) is 0 Å². The molecule has 0 aliphatic carbocycles. The Morgan fingerprint density at radius 2 is 1.95 bits per heavy atom. The number of carbonyl (C=O) groups is 1. The van der Waals surface area contributed by atoms with Crippen molar-refractivity contribution < 1.29 is 4.79 Å². The highest BCUT2D eigenvalue weighted by Gasteiger charge is 2.05. The summed E-state index contributed by atoms with van der Waals surface area (Å²) < 4.78 is 0. The molecule has 2 rings (SSSR count). The molecule has 0 aliphatic heterocycles. The highest BCUT2D eigenvalue weighted by Crippen LogP contribution is 2.18. The number of aromatic nitrogens is 1. The number of hydrogen-bond acceptors (Lipinski definition) is 4. The first-order valence-corrected chi connectivity index (χ1v) is 7.25. The van der Waals surface area contributed by atoms with Gasteiger partial charge in [0, 0.05) is 17.1 Å². The van der Waals surface area contributed by atoms with Crippen LogP contribution < -0.4 is 11.1 Å². The molecule has 0 saturated carbocycles. The van der Waals surface area contributed by atoms with Crippen LogP contribution in [0.15, 0.2) is 41.4 Å². The molecule has 104 valence electrons. The van der Waals surface area contributed by atoms with Gasteiger partial charge in [-0.1, -0.05) is 11.8 Å². The molecular formula is C15H17N3OS. The standard InChI is InChI=1S/C15H17N3OS/c1-10-7-11(2)17-15(8-10)20-9-14(19)18-13-5-3-12(16)4-6-13/h3-8H,9,16H2,1-2H3,(H,18,19). The second-order valence-corrected chi connectivity index (χ2v) is 5.58. The number of rotatable bonds is 4. The van der Waals surface area contributed by atoms with Crippen LogP contribution in [-0.4, -0.2) is 16.6 Å². The van der Waals surface area contributed by atoms with Gasteiger partial charge in [-0.15, -0.1) is 0 Å².